The van der Waals surface area contributed by atoms with Gasteiger partial charge in [-0.05, 0) is 30.3 Å². The molecule has 0 unspecified atom stereocenters. The fourth-order valence-electron chi connectivity index (χ4n) is 2.09. The monoisotopic (exact) mass is 377 g/mol. The van der Waals surface area contributed by atoms with Crippen molar-refractivity contribution in [3.63, 3.8) is 0 Å². The summed E-state index contributed by atoms with van der Waals surface area (Å²) in [5.74, 6) is 1.40. The highest BCUT2D eigenvalue weighted by atomic mass is 79.9. The molecule has 0 saturated heterocycles. The lowest BCUT2D eigenvalue weighted by molar-refractivity contribution is 0.218. The number of hydrogen-bond donors (Lipinski definition) is 0. The number of rotatable bonds is 5. The highest BCUT2D eigenvalue weighted by Crippen LogP contribution is 2.28. The van der Waals surface area contributed by atoms with Crippen molar-refractivity contribution in [1.29, 1.82) is 0 Å². The Morgan fingerprint density at radius 3 is 2.55 bits per heavy atom. The maximum atomic E-state index is 6.10. The summed E-state index contributed by atoms with van der Waals surface area (Å²) >= 11 is 9.46. The molecule has 3 aromatic rings. The van der Waals surface area contributed by atoms with Crippen LogP contribution in [0.25, 0.3) is 10.9 Å². The highest BCUT2D eigenvalue weighted by molar-refractivity contribution is 9.10. The zero-order valence-electron chi connectivity index (χ0n) is 11.6. The van der Waals surface area contributed by atoms with Crippen LogP contribution in [0.2, 0.25) is 5.02 Å². The second kappa shape index (κ2) is 6.99. The van der Waals surface area contributed by atoms with E-state index >= 15 is 0 Å². The molecule has 0 spiro atoms. The van der Waals surface area contributed by atoms with Gasteiger partial charge in [-0.2, -0.15) is 0 Å². The maximum absolute atomic E-state index is 6.10. The molecular formula is C17H13BrClNO2. The summed E-state index contributed by atoms with van der Waals surface area (Å²) in [5.41, 5.74) is 0.853. The third-order valence-electron chi connectivity index (χ3n) is 3.09. The van der Waals surface area contributed by atoms with Crippen molar-refractivity contribution in [1.82, 2.24) is 4.98 Å². The number of pyridine rings is 1. The molecule has 1 heterocycles. The van der Waals surface area contributed by atoms with E-state index in [9.17, 15) is 0 Å². The summed E-state index contributed by atoms with van der Waals surface area (Å²) < 4.78 is 12.3. The molecule has 22 heavy (non-hydrogen) atoms. The molecule has 3 rings (SSSR count). The molecule has 0 atom stereocenters. The van der Waals surface area contributed by atoms with E-state index in [1.807, 2.05) is 42.5 Å². The number of fused-ring (bicyclic) bond motifs is 1. The van der Waals surface area contributed by atoms with Gasteiger partial charge in [-0.15, -0.1) is 0 Å². The van der Waals surface area contributed by atoms with Crippen LogP contribution in [0.1, 0.15) is 0 Å². The summed E-state index contributed by atoms with van der Waals surface area (Å²) in [7, 11) is 0. The number of halogens is 2. The van der Waals surface area contributed by atoms with Crippen molar-refractivity contribution in [2.24, 2.45) is 0 Å². The normalized spacial score (nSPS) is 10.6. The minimum atomic E-state index is 0.407. The fraction of sp³-hybridized carbons (Fsp3) is 0.118. The lowest BCUT2D eigenvalue weighted by Crippen LogP contribution is -2.09. The second-order valence-corrected chi connectivity index (χ2v) is 5.93. The van der Waals surface area contributed by atoms with Gasteiger partial charge in [0, 0.05) is 16.1 Å². The van der Waals surface area contributed by atoms with Crippen LogP contribution in [-0.2, 0) is 0 Å². The van der Waals surface area contributed by atoms with Crippen molar-refractivity contribution in [2.45, 2.75) is 0 Å². The first-order chi connectivity index (χ1) is 10.7. The Morgan fingerprint density at radius 2 is 1.73 bits per heavy atom. The zero-order chi connectivity index (χ0) is 15.4. The van der Waals surface area contributed by atoms with E-state index in [-0.39, 0.29) is 0 Å². The lowest BCUT2D eigenvalue weighted by atomic mass is 10.2. The molecule has 0 N–H and O–H groups in total. The smallest absolute Gasteiger partial charge is 0.145 e. The van der Waals surface area contributed by atoms with Gasteiger partial charge in [0.15, 0.2) is 0 Å². The van der Waals surface area contributed by atoms with E-state index in [4.69, 9.17) is 21.1 Å². The third kappa shape index (κ3) is 3.51. The minimum absolute atomic E-state index is 0.407. The summed E-state index contributed by atoms with van der Waals surface area (Å²) in [5, 5.41) is 1.62. The first kappa shape index (κ1) is 15.1. The van der Waals surface area contributed by atoms with Crippen LogP contribution in [0.3, 0.4) is 0 Å². The number of para-hydroxylation sites is 1. The SMILES string of the molecule is Clc1cc(Br)ccc1OCCOc1cccc2cccnc12. The molecule has 0 aliphatic heterocycles. The molecule has 3 nitrogen and oxygen atoms in total. The molecule has 0 fully saturated rings. The average Bonchev–Trinajstić information content (AvgIpc) is 2.53. The van der Waals surface area contributed by atoms with Crippen LogP contribution >= 0.6 is 27.5 Å². The van der Waals surface area contributed by atoms with Crippen molar-refractivity contribution in [2.75, 3.05) is 13.2 Å². The molecule has 0 bridgehead atoms. The van der Waals surface area contributed by atoms with Crippen LogP contribution in [0.4, 0.5) is 0 Å². The second-order valence-electron chi connectivity index (χ2n) is 4.60. The van der Waals surface area contributed by atoms with Gasteiger partial charge >= 0.3 is 0 Å². The first-order valence-electron chi connectivity index (χ1n) is 6.78. The summed E-state index contributed by atoms with van der Waals surface area (Å²) in [4.78, 5) is 4.35. The quantitative estimate of drug-likeness (QED) is 0.578. The molecule has 0 aliphatic carbocycles. The largest absolute Gasteiger partial charge is 0.488 e. The lowest BCUT2D eigenvalue weighted by Gasteiger charge is -2.11. The van der Waals surface area contributed by atoms with Crippen LogP contribution in [0, 0.1) is 0 Å². The Labute approximate surface area is 142 Å². The predicted octanol–water partition coefficient (Wildman–Crippen LogP) is 5.11. The van der Waals surface area contributed by atoms with E-state index < -0.39 is 0 Å². The van der Waals surface area contributed by atoms with Gasteiger partial charge in [-0.1, -0.05) is 45.7 Å². The van der Waals surface area contributed by atoms with Gasteiger partial charge in [-0.3, -0.25) is 4.98 Å². The van der Waals surface area contributed by atoms with E-state index in [0.717, 1.165) is 21.1 Å². The Kier molecular flexibility index (Phi) is 4.80. The van der Waals surface area contributed by atoms with E-state index in [0.29, 0.717) is 24.0 Å². The number of nitrogens with zero attached hydrogens (tertiary/aromatic N) is 1. The summed E-state index contributed by atoms with van der Waals surface area (Å²) in [6.07, 6.45) is 1.76. The Balaban J connectivity index is 1.61. The molecule has 2 aromatic carbocycles. The fourth-order valence-corrected chi connectivity index (χ4v) is 2.82. The maximum Gasteiger partial charge on any atom is 0.145 e. The average molecular weight is 379 g/mol. The zero-order valence-corrected chi connectivity index (χ0v) is 14.0. The Bertz CT molecular complexity index is 789. The summed E-state index contributed by atoms with van der Waals surface area (Å²) in [6.45, 7) is 0.826. The molecule has 5 heteroatoms. The van der Waals surface area contributed by atoms with Crippen LogP contribution in [0.5, 0.6) is 11.5 Å². The van der Waals surface area contributed by atoms with Crippen LogP contribution < -0.4 is 9.47 Å². The van der Waals surface area contributed by atoms with Crippen LogP contribution in [0.15, 0.2) is 59.2 Å². The van der Waals surface area contributed by atoms with Crippen molar-refractivity contribution < 1.29 is 9.47 Å². The van der Waals surface area contributed by atoms with Crippen molar-refractivity contribution >= 4 is 38.4 Å². The molecule has 112 valence electrons. The molecule has 0 amide bonds. The number of ether oxygens (including phenoxy) is 2. The van der Waals surface area contributed by atoms with Crippen molar-refractivity contribution in [3.8, 4) is 11.5 Å². The standard InChI is InChI=1S/C17H13BrClNO2/c18-13-6-7-15(14(19)11-13)21-9-10-22-16-5-1-3-12-4-2-8-20-17(12)16/h1-8,11H,9-10H2. The highest BCUT2D eigenvalue weighted by Gasteiger charge is 2.04. The van der Waals surface area contributed by atoms with E-state index in [1.54, 1.807) is 12.3 Å². The van der Waals surface area contributed by atoms with E-state index in [1.165, 1.54) is 0 Å². The van der Waals surface area contributed by atoms with Gasteiger partial charge in [-0.25, -0.2) is 0 Å². The molecule has 1 aromatic heterocycles. The predicted molar refractivity (Wildman–Crippen MR) is 91.9 cm³/mol. The molecule has 0 aliphatic rings. The minimum Gasteiger partial charge on any atom is -0.488 e. The first-order valence-corrected chi connectivity index (χ1v) is 7.95. The summed E-state index contributed by atoms with van der Waals surface area (Å²) in [6, 6.07) is 15.3. The molecule has 0 radical (unpaired) electrons. The van der Waals surface area contributed by atoms with Gasteiger partial charge < -0.3 is 9.47 Å². The van der Waals surface area contributed by atoms with Crippen LogP contribution in [-0.4, -0.2) is 18.2 Å². The number of benzene rings is 2. The van der Waals surface area contributed by atoms with Gasteiger partial charge in [0.1, 0.15) is 30.2 Å². The topological polar surface area (TPSA) is 31.4 Å². The number of aromatic nitrogens is 1. The Hall–Kier alpha value is -1.78. The molecule has 0 saturated carbocycles. The Morgan fingerprint density at radius 1 is 0.955 bits per heavy atom. The number of hydrogen-bond acceptors (Lipinski definition) is 3. The van der Waals surface area contributed by atoms with E-state index in [2.05, 4.69) is 20.9 Å². The van der Waals surface area contributed by atoms with Crippen molar-refractivity contribution in [3.05, 3.63) is 64.2 Å². The van der Waals surface area contributed by atoms with Gasteiger partial charge in [0.25, 0.3) is 0 Å². The van der Waals surface area contributed by atoms with Gasteiger partial charge in [0.2, 0.25) is 0 Å². The van der Waals surface area contributed by atoms with Gasteiger partial charge in [0.05, 0.1) is 5.02 Å². The third-order valence-corrected chi connectivity index (χ3v) is 3.88. The molecular weight excluding hydrogens is 366 g/mol.